The number of halogens is 2. The van der Waals surface area contributed by atoms with Gasteiger partial charge >= 0.3 is 169 Å². The van der Waals surface area contributed by atoms with E-state index in [2.05, 4.69) is 67.5 Å². The van der Waals surface area contributed by atoms with Crippen molar-refractivity contribution in [2.45, 2.75) is 100 Å². The van der Waals surface area contributed by atoms with E-state index in [1.807, 2.05) is 0 Å². The SMILES string of the molecule is CCCC[C]1([Zr+2][C]2(CCCC)C=C(C)C(C)=C2C)C=C(C)C(C)=C1C.[Cl-].[Cl-]. The molecule has 0 spiro atoms. The van der Waals surface area contributed by atoms with Gasteiger partial charge in [0, 0.05) is 0 Å². The molecule has 2 rings (SSSR count). The fourth-order valence-corrected chi connectivity index (χ4v) is 11.3. The minimum atomic E-state index is -0.749. The molecule has 2 unspecified atom stereocenters. The molecule has 2 aliphatic carbocycles. The Bertz CT molecular complexity index is 597. The van der Waals surface area contributed by atoms with Gasteiger partial charge in [-0.3, -0.25) is 0 Å². The van der Waals surface area contributed by atoms with Gasteiger partial charge in [-0.1, -0.05) is 0 Å². The summed E-state index contributed by atoms with van der Waals surface area (Å²) in [4.78, 5) is 0. The summed E-state index contributed by atoms with van der Waals surface area (Å²) in [6.07, 6.45) is 13.5. The van der Waals surface area contributed by atoms with Gasteiger partial charge in [0.05, 0.1) is 0 Å². The molecular weight excluding hydrogens is 450 g/mol. The molecule has 2 atom stereocenters. The molecule has 3 heteroatoms. The van der Waals surface area contributed by atoms with Gasteiger partial charge in [0.2, 0.25) is 0 Å². The van der Waals surface area contributed by atoms with Gasteiger partial charge in [-0.25, -0.2) is 0 Å². The third-order valence-corrected chi connectivity index (χ3v) is 12.8. The molecule has 0 amide bonds. The van der Waals surface area contributed by atoms with Crippen molar-refractivity contribution in [1.29, 1.82) is 0 Å². The second-order valence-electron chi connectivity index (χ2n) is 8.43. The smallest absolute Gasteiger partial charge is 1.00 e. The molecule has 152 valence electrons. The predicted octanol–water partition coefficient (Wildman–Crippen LogP) is 2.37. The predicted molar refractivity (Wildman–Crippen MR) is 109 cm³/mol. The third-order valence-electron chi connectivity index (χ3n) is 6.87. The van der Waals surface area contributed by atoms with Crippen molar-refractivity contribution < 1.29 is 48.0 Å². The van der Waals surface area contributed by atoms with Crippen LogP contribution in [0, 0.1) is 0 Å². The van der Waals surface area contributed by atoms with E-state index in [1.54, 1.807) is 33.4 Å². The number of rotatable bonds is 8. The van der Waals surface area contributed by atoms with Crippen molar-refractivity contribution in [2.24, 2.45) is 0 Å². The normalized spacial score (nSPS) is 27.1. The van der Waals surface area contributed by atoms with E-state index in [0.717, 1.165) is 0 Å². The van der Waals surface area contributed by atoms with Gasteiger partial charge in [0.15, 0.2) is 0 Å². The summed E-state index contributed by atoms with van der Waals surface area (Å²) in [5.41, 5.74) is 9.70. The van der Waals surface area contributed by atoms with Crippen LogP contribution in [0.1, 0.15) is 93.9 Å². The van der Waals surface area contributed by atoms with Gasteiger partial charge in [-0.2, -0.15) is 0 Å². The van der Waals surface area contributed by atoms with E-state index in [1.165, 1.54) is 38.5 Å². The number of allylic oxidation sites excluding steroid dienone is 8. The molecule has 0 saturated heterocycles. The molecule has 0 nitrogen and oxygen atoms in total. The zero-order valence-corrected chi connectivity index (χ0v) is 22.6. The topological polar surface area (TPSA) is 0 Å². The molecule has 0 heterocycles. The monoisotopic (exact) mass is 486 g/mol. The van der Waals surface area contributed by atoms with Crippen LogP contribution in [0.4, 0.5) is 0 Å². The Labute approximate surface area is 192 Å². The maximum atomic E-state index is 2.71. The first kappa shape index (κ1) is 27.4. The number of hydrogen-bond donors (Lipinski definition) is 0. The first-order chi connectivity index (χ1) is 11.7. The van der Waals surface area contributed by atoms with Crippen molar-refractivity contribution in [2.75, 3.05) is 0 Å². The fraction of sp³-hybridized carbons (Fsp3) is 0.667. The fourth-order valence-electron chi connectivity index (χ4n) is 4.65. The molecule has 27 heavy (non-hydrogen) atoms. The van der Waals surface area contributed by atoms with E-state index < -0.39 is 23.2 Å². The van der Waals surface area contributed by atoms with Gasteiger partial charge < -0.3 is 24.8 Å². The minimum absolute atomic E-state index is 0. The zero-order valence-electron chi connectivity index (χ0n) is 18.7. The Hall–Kier alpha value is 0.423. The Balaban J connectivity index is 0.00000338. The van der Waals surface area contributed by atoms with Crippen LogP contribution < -0.4 is 24.8 Å². The van der Waals surface area contributed by atoms with Crippen LogP contribution in [0.25, 0.3) is 0 Å². The standard InChI is InChI=1S/2C12H19.2ClH.Zr/c2*1-5-6-7-12-8-9(2)10(3)11(12)4;;;/h2*8H,5-7H2,1-4H3;2*1H;/q;;;;+2/p-2. The largest absolute Gasteiger partial charge is 1.00 e. The maximum Gasteiger partial charge on any atom is -1.00 e. The second-order valence-corrected chi connectivity index (χ2v) is 13.4. The maximum absolute atomic E-state index is 2.71. The van der Waals surface area contributed by atoms with Gasteiger partial charge in [-0.15, -0.1) is 0 Å². The van der Waals surface area contributed by atoms with E-state index in [9.17, 15) is 0 Å². The molecule has 0 fully saturated rings. The average Bonchev–Trinajstić information content (AvgIpc) is 2.92. The van der Waals surface area contributed by atoms with Crippen LogP contribution >= 0.6 is 0 Å². The first-order valence-electron chi connectivity index (χ1n) is 10.3. The molecule has 0 aromatic carbocycles. The van der Waals surface area contributed by atoms with Crippen molar-refractivity contribution in [3.05, 3.63) is 45.6 Å². The van der Waals surface area contributed by atoms with Crippen LogP contribution in [-0.2, 0) is 23.2 Å². The van der Waals surface area contributed by atoms with Crippen LogP contribution in [0.2, 0.25) is 6.25 Å². The molecule has 0 N–H and O–H groups in total. The van der Waals surface area contributed by atoms with Crippen LogP contribution in [0.3, 0.4) is 0 Å². The summed E-state index contributed by atoms with van der Waals surface area (Å²) < 4.78 is 0.869. The Morgan fingerprint density at radius 1 is 0.667 bits per heavy atom. The van der Waals surface area contributed by atoms with Crippen molar-refractivity contribution in [3.8, 4) is 0 Å². The summed E-state index contributed by atoms with van der Waals surface area (Å²) in [6.45, 7) is 19.0. The number of hydrogen-bond acceptors (Lipinski definition) is 0. The van der Waals surface area contributed by atoms with Crippen LogP contribution in [0.15, 0.2) is 45.6 Å². The summed E-state index contributed by atoms with van der Waals surface area (Å²) in [6, 6.07) is 0. The summed E-state index contributed by atoms with van der Waals surface area (Å²) in [5.74, 6) is 0. The van der Waals surface area contributed by atoms with E-state index in [0.29, 0.717) is 6.25 Å². The second kappa shape index (κ2) is 11.0. The molecule has 0 aromatic heterocycles. The summed E-state index contributed by atoms with van der Waals surface area (Å²) in [7, 11) is 0. The van der Waals surface area contributed by atoms with Gasteiger partial charge in [0.1, 0.15) is 0 Å². The molecule has 0 aliphatic heterocycles. The summed E-state index contributed by atoms with van der Waals surface area (Å²) >= 11 is -0.749. The minimum Gasteiger partial charge on any atom is -1.00 e. The molecular formula is C24H38Cl2Zr. The van der Waals surface area contributed by atoms with Crippen molar-refractivity contribution in [1.82, 2.24) is 0 Å². The molecule has 0 aromatic rings. The summed E-state index contributed by atoms with van der Waals surface area (Å²) in [5, 5.41) is 0. The average molecular weight is 489 g/mol. The Kier molecular flexibility index (Phi) is 11.2. The van der Waals surface area contributed by atoms with E-state index >= 15 is 0 Å². The molecule has 0 bridgehead atoms. The quantitative estimate of drug-likeness (QED) is 0.492. The molecule has 0 saturated carbocycles. The first-order valence-corrected chi connectivity index (χ1v) is 12.7. The zero-order chi connectivity index (χ0) is 18.8. The van der Waals surface area contributed by atoms with E-state index in [4.69, 9.17) is 0 Å². The third kappa shape index (κ3) is 5.32. The van der Waals surface area contributed by atoms with Crippen molar-refractivity contribution in [3.63, 3.8) is 0 Å². The van der Waals surface area contributed by atoms with Gasteiger partial charge in [0.25, 0.3) is 0 Å². The van der Waals surface area contributed by atoms with Crippen molar-refractivity contribution >= 4 is 0 Å². The van der Waals surface area contributed by atoms with Gasteiger partial charge in [-0.05, 0) is 0 Å². The molecule has 0 radical (unpaired) electrons. The van der Waals surface area contributed by atoms with Crippen LogP contribution in [0.5, 0.6) is 0 Å². The Morgan fingerprint density at radius 3 is 1.22 bits per heavy atom. The van der Waals surface area contributed by atoms with E-state index in [-0.39, 0.29) is 24.8 Å². The Morgan fingerprint density at radius 2 is 1.00 bits per heavy atom. The number of unbranched alkanes of at least 4 members (excludes halogenated alkanes) is 2. The van der Waals surface area contributed by atoms with Crippen LogP contribution in [-0.4, -0.2) is 0 Å². The molecule has 2 aliphatic rings.